The number of carbonyl (C=O) groups excluding carboxylic acids is 4. The van der Waals surface area contributed by atoms with E-state index in [9.17, 15) is 28.7 Å². The first-order chi connectivity index (χ1) is 34.8. The van der Waals surface area contributed by atoms with Crippen LogP contribution in [-0.4, -0.2) is 130 Å². The van der Waals surface area contributed by atoms with E-state index in [1.165, 1.54) is 28.0 Å². The second-order valence-corrected chi connectivity index (χ2v) is 23.9. The van der Waals surface area contributed by atoms with E-state index in [-0.39, 0.29) is 50.2 Å². The molecule has 4 fully saturated rings. The van der Waals surface area contributed by atoms with Crippen molar-refractivity contribution in [2.75, 3.05) is 62.6 Å². The number of hydrogen-bond donors (Lipinski definition) is 5. The molecule has 0 radical (unpaired) electrons. The van der Waals surface area contributed by atoms with Gasteiger partial charge in [0.1, 0.15) is 28.7 Å². The van der Waals surface area contributed by atoms with Crippen LogP contribution in [0.5, 0.6) is 5.75 Å². The highest BCUT2D eigenvalue weighted by atomic mass is 35.5. The molecule has 4 aromatic rings. The lowest BCUT2D eigenvalue weighted by Gasteiger charge is -2.39. The molecule has 0 bridgehead atoms. The predicted octanol–water partition coefficient (Wildman–Crippen LogP) is 7.40. The summed E-state index contributed by atoms with van der Waals surface area (Å²) in [5.74, 6) is 0.0141. The number of halogens is 2. The molecule has 394 valence electrons. The minimum Gasteiger partial charge on any atom is -0.493 e. The first-order valence-corrected chi connectivity index (χ1v) is 27.6. The largest absolute Gasteiger partial charge is 0.493 e. The van der Waals surface area contributed by atoms with Gasteiger partial charge in [-0.15, -0.1) is 11.3 Å². The summed E-state index contributed by atoms with van der Waals surface area (Å²) in [4.78, 5) is 75.2. The van der Waals surface area contributed by atoms with Crippen molar-refractivity contribution in [1.29, 1.82) is 0 Å². The van der Waals surface area contributed by atoms with Crippen LogP contribution in [0.3, 0.4) is 0 Å². The van der Waals surface area contributed by atoms with Crippen molar-refractivity contribution in [3.05, 3.63) is 70.6 Å². The van der Waals surface area contributed by atoms with Crippen LogP contribution in [0.25, 0.3) is 10.4 Å². The van der Waals surface area contributed by atoms with Crippen LogP contribution in [0.15, 0.2) is 64.2 Å². The zero-order valence-electron chi connectivity index (χ0n) is 42.6. The Morgan fingerprint density at radius 1 is 1.04 bits per heavy atom. The number of piperidine rings is 2. The van der Waals surface area contributed by atoms with E-state index in [0.29, 0.717) is 40.6 Å². The Hall–Kier alpha value is -4.92. The normalized spacial score (nSPS) is 20.3. The van der Waals surface area contributed by atoms with Crippen LogP contribution in [0.4, 0.5) is 15.9 Å². The lowest BCUT2D eigenvalue weighted by molar-refractivity contribution is -0.145. The molecule has 0 spiro atoms. The molecule has 3 aliphatic heterocycles. The SMILES string of the molecule is Cc1ncsc1-c1ccc(CNC(=O)C2CC(O)CN2C(=O)[C@@H](NC(=O)C2(F)CC2)C(C)(C)C)c(OCCCC2CCN(CC(=O)Nc3cccc(Sc4cnc(N5CCC(C)(CN)CC5)cn4)c3Cl)CC2)c1. The number of alkyl halides is 1. The van der Waals surface area contributed by atoms with Crippen LogP contribution < -0.4 is 31.3 Å². The summed E-state index contributed by atoms with van der Waals surface area (Å²) in [5.41, 5.74) is 8.36. The third kappa shape index (κ3) is 13.7. The topological polar surface area (TPSA) is 208 Å². The standard InChI is InChI=1S/C53H70ClFN10O6S2/c1-33-46(72-32-60-33)35-11-12-36(26-59-48(68)39-25-37(66)29-65(39)49(69)47(51(2,3)4)62-50(70)53(55)15-16-53)40(24-35)71-23-7-8-34-13-19-63(20-14-34)30-43(67)61-38-9-6-10-41(45(38)54)73-44-28-57-42(27-58-44)64-21-17-52(5,31-56)18-22-64/h6,9-12,24,27-28,32,34,37,39,47,66H,7-8,13-23,25-26,29-31,56H2,1-5H3,(H,59,68)(H,61,67)(H,62,70)/t37?,39?,47-/m1/s1. The van der Waals surface area contributed by atoms with Gasteiger partial charge in [-0.2, -0.15) is 0 Å². The number of aryl methyl sites for hydroxylation is 1. The van der Waals surface area contributed by atoms with Gasteiger partial charge in [0.05, 0.1) is 58.4 Å². The van der Waals surface area contributed by atoms with Gasteiger partial charge in [0.15, 0.2) is 5.67 Å². The van der Waals surface area contributed by atoms with E-state index in [1.807, 2.05) is 43.3 Å². The van der Waals surface area contributed by atoms with Gasteiger partial charge in [-0.05, 0) is 118 Å². The molecule has 5 heterocycles. The molecule has 3 saturated heterocycles. The summed E-state index contributed by atoms with van der Waals surface area (Å²) >= 11 is 9.78. The number of likely N-dealkylation sites (tertiary alicyclic amines) is 2. The van der Waals surface area contributed by atoms with Crippen LogP contribution in [0.1, 0.15) is 96.7 Å². The molecular formula is C53H70ClFN10O6S2. The van der Waals surface area contributed by atoms with Crippen molar-refractivity contribution in [1.82, 2.24) is 35.4 Å². The summed E-state index contributed by atoms with van der Waals surface area (Å²) in [5, 5.41) is 20.5. The number of aliphatic hydroxyl groups excluding tert-OH is 1. The van der Waals surface area contributed by atoms with Gasteiger partial charge >= 0.3 is 0 Å². The molecule has 2 unspecified atom stereocenters. The first-order valence-electron chi connectivity index (χ1n) is 25.5. The van der Waals surface area contributed by atoms with Crippen molar-refractivity contribution >= 4 is 69.8 Å². The second-order valence-electron chi connectivity index (χ2n) is 21.6. The number of carbonyl (C=O) groups is 4. The Bertz CT molecular complexity index is 2600. The van der Waals surface area contributed by atoms with Gasteiger partial charge in [0.2, 0.25) is 17.7 Å². The Morgan fingerprint density at radius 3 is 2.45 bits per heavy atom. The van der Waals surface area contributed by atoms with Crippen LogP contribution in [-0.2, 0) is 25.7 Å². The quantitative estimate of drug-likeness (QED) is 0.0581. The Balaban J connectivity index is 0.800. The molecule has 4 amide bonds. The van der Waals surface area contributed by atoms with Gasteiger partial charge in [0.25, 0.3) is 5.91 Å². The van der Waals surface area contributed by atoms with Gasteiger partial charge in [-0.3, -0.25) is 24.1 Å². The zero-order chi connectivity index (χ0) is 52.1. The fourth-order valence-corrected chi connectivity index (χ4v) is 11.6. The maximum Gasteiger partial charge on any atom is 0.258 e. The lowest BCUT2D eigenvalue weighted by Crippen LogP contribution is -2.59. The number of hydrogen-bond acceptors (Lipinski definition) is 14. The van der Waals surface area contributed by atoms with E-state index >= 15 is 0 Å². The highest BCUT2D eigenvalue weighted by Gasteiger charge is 2.53. The number of β-amino-alcohol motifs (C(OH)–C–C–N with tert-alkyl or cyclic N) is 1. The number of ether oxygens (including phenoxy) is 1. The molecular weight excluding hydrogens is 991 g/mol. The number of amides is 4. The minimum absolute atomic E-state index is 0.0282. The van der Waals surface area contributed by atoms with E-state index in [0.717, 1.165) is 97.1 Å². The van der Waals surface area contributed by atoms with Crippen molar-refractivity contribution in [2.24, 2.45) is 22.5 Å². The van der Waals surface area contributed by atoms with Crippen molar-refractivity contribution < 1.29 is 33.4 Å². The number of aliphatic hydroxyl groups is 1. The number of benzene rings is 2. The average molecular weight is 1060 g/mol. The predicted molar refractivity (Wildman–Crippen MR) is 283 cm³/mol. The van der Waals surface area contributed by atoms with Gasteiger partial charge in [-0.1, -0.05) is 69.3 Å². The van der Waals surface area contributed by atoms with E-state index in [1.54, 1.807) is 38.7 Å². The minimum atomic E-state index is -1.97. The molecule has 6 N–H and O–H groups in total. The number of nitrogens with two attached hydrogens (primary N) is 1. The Morgan fingerprint density at radius 2 is 1.79 bits per heavy atom. The average Bonchev–Trinajstić information content (AvgIpc) is 3.78. The lowest BCUT2D eigenvalue weighted by atomic mass is 9.80. The third-order valence-electron chi connectivity index (χ3n) is 14.8. The van der Waals surface area contributed by atoms with Gasteiger partial charge in [0, 0.05) is 43.1 Å². The molecule has 73 heavy (non-hydrogen) atoms. The molecule has 1 saturated carbocycles. The van der Waals surface area contributed by atoms with Crippen molar-refractivity contribution in [3.8, 4) is 16.2 Å². The molecule has 2 aromatic carbocycles. The third-order valence-corrected chi connectivity index (χ3v) is 17.3. The van der Waals surface area contributed by atoms with Gasteiger partial charge < -0.3 is 41.3 Å². The zero-order valence-corrected chi connectivity index (χ0v) is 44.9. The summed E-state index contributed by atoms with van der Waals surface area (Å²) in [7, 11) is 0. The van der Waals surface area contributed by atoms with Crippen LogP contribution >= 0.6 is 34.7 Å². The molecule has 4 aliphatic rings. The molecule has 3 atom stereocenters. The van der Waals surface area contributed by atoms with Crippen molar-refractivity contribution in [3.63, 3.8) is 0 Å². The first kappa shape index (κ1) is 54.3. The summed E-state index contributed by atoms with van der Waals surface area (Å²) < 4.78 is 21.1. The van der Waals surface area contributed by atoms with Crippen molar-refractivity contribution in [2.45, 2.75) is 133 Å². The monoisotopic (exact) mass is 1060 g/mol. The summed E-state index contributed by atoms with van der Waals surface area (Å²) in [6, 6.07) is 9.37. The number of nitrogens with one attached hydrogen (secondary N) is 3. The summed E-state index contributed by atoms with van der Waals surface area (Å²) in [6.45, 7) is 14.3. The summed E-state index contributed by atoms with van der Waals surface area (Å²) in [6.07, 6.45) is 8.59. The molecule has 2 aromatic heterocycles. The number of thiazole rings is 1. The maximum absolute atomic E-state index is 14.7. The molecule has 8 rings (SSSR count). The smallest absolute Gasteiger partial charge is 0.258 e. The Kier molecular flexibility index (Phi) is 17.4. The molecule has 20 heteroatoms. The number of nitrogens with zero attached hydrogens (tertiary/aromatic N) is 6. The van der Waals surface area contributed by atoms with E-state index in [2.05, 4.69) is 47.6 Å². The molecule has 16 nitrogen and oxygen atoms in total. The van der Waals surface area contributed by atoms with Crippen LogP contribution in [0.2, 0.25) is 5.02 Å². The van der Waals surface area contributed by atoms with E-state index in [4.69, 9.17) is 22.1 Å². The Labute approximate surface area is 441 Å². The van der Waals surface area contributed by atoms with Crippen LogP contribution in [0, 0.1) is 23.7 Å². The number of anilines is 2. The maximum atomic E-state index is 14.7. The fraction of sp³-hybridized carbons (Fsp3) is 0.566. The molecule has 1 aliphatic carbocycles. The number of rotatable bonds is 19. The van der Waals surface area contributed by atoms with Gasteiger partial charge in [-0.25, -0.2) is 19.3 Å². The fourth-order valence-electron chi connectivity index (χ4n) is 9.76. The van der Waals surface area contributed by atoms with E-state index < -0.39 is 47.0 Å². The number of aromatic nitrogens is 3. The highest BCUT2D eigenvalue weighted by molar-refractivity contribution is 7.99. The highest BCUT2D eigenvalue weighted by Crippen LogP contribution is 2.41. The second kappa shape index (κ2) is 23.3.